The molecular weight excluding hydrogens is 190 g/mol. The maximum absolute atomic E-state index is 3.47. The van der Waals surface area contributed by atoms with Gasteiger partial charge in [-0.15, -0.1) is 0 Å². The quantitative estimate of drug-likeness (QED) is 0.733. The largest absolute Gasteiger partial charge is 0.313 e. The summed E-state index contributed by atoms with van der Waals surface area (Å²) >= 11 is 1.77. The molecule has 1 nitrogen and oxygen atoms in total. The van der Waals surface area contributed by atoms with E-state index in [-0.39, 0.29) is 0 Å². The molecule has 0 radical (unpaired) electrons. The molecule has 1 heterocycles. The van der Waals surface area contributed by atoms with Gasteiger partial charge < -0.3 is 5.32 Å². The first kappa shape index (κ1) is 11.7. The molecule has 1 aromatic heterocycles. The third-order valence-corrected chi connectivity index (χ3v) is 2.92. The molecule has 0 spiro atoms. The van der Waals surface area contributed by atoms with Crippen molar-refractivity contribution in [2.75, 3.05) is 6.54 Å². The van der Waals surface area contributed by atoms with Gasteiger partial charge in [-0.3, -0.25) is 0 Å². The number of nitrogens with one attached hydrogen (secondary N) is 1. The summed E-state index contributed by atoms with van der Waals surface area (Å²) in [6.07, 6.45) is 2.57. The molecule has 1 N–H and O–H groups in total. The monoisotopic (exact) mass is 211 g/mol. The van der Waals surface area contributed by atoms with Crippen molar-refractivity contribution in [1.82, 2.24) is 5.32 Å². The Morgan fingerprint density at radius 1 is 1.36 bits per heavy atom. The molecule has 0 fully saturated rings. The van der Waals surface area contributed by atoms with Crippen molar-refractivity contribution in [3.63, 3.8) is 0 Å². The number of hydrogen-bond acceptors (Lipinski definition) is 2. The Morgan fingerprint density at radius 2 is 2.14 bits per heavy atom. The second-order valence-corrected chi connectivity index (χ2v) is 5.75. The van der Waals surface area contributed by atoms with Crippen molar-refractivity contribution in [2.24, 2.45) is 5.41 Å². The van der Waals surface area contributed by atoms with E-state index >= 15 is 0 Å². The lowest BCUT2D eigenvalue weighted by atomic mass is 9.91. The first-order valence-corrected chi connectivity index (χ1v) is 6.24. The van der Waals surface area contributed by atoms with E-state index in [0.29, 0.717) is 5.41 Å². The lowest BCUT2D eigenvalue weighted by molar-refractivity contribution is 0.361. The highest BCUT2D eigenvalue weighted by atomic mass is 32.1. The van der Waals surface area contributed by atoms with Crippen molar-refractivity contribution in [1.29, 1.82) is 0 Å². The van der Waals surface area contributed by atoms with Gasteiger partial charge in [0.1, 0.15) is 0 Å². The van der Waals surface area contributed by atoms with E-state index < -0.39 is 0 Å². The van der Waals surface area contributed by atoms with Crippen LogP contribution in [0.4, 0.5) is 0 Å². The molecule has 14 heavy (non-hydrogen) atoms. The molecule has 0 unspecified atom stereocenters. The van der Waals surface area contributed by atoms with Crippen molar-refractivity contribution in [2.45, 2.75) is 40.2 Å². The van der Waals surface area contributed by atoms with E-state index in [4.69, 9.17) is 0 Å². The molecule has 1 rings (SSSR count). The highest BCUT2D eigenvalue weighted by Gasteiger charge is 2.08. The third kappa shape index (κ3) is 5.40. The van der Waals surface area contributed by atoms with Crippen LogP contribution in [0.1, 0.15) is 39.2 Å². The Balaban J connectivity index is 2.00. The predicted octanol–water partition coefficient (Wildman–Crippen LogP) is 3.66. The molecule has 0 bridgehead atoms. The maximum atomic E-state index is 3.47. The van der Waals surface area contributed by atoms with Gasteiger partial charge in [0.25, 0.3) is 0 Å². The Hall–Kier alpha value is -0.340. The summed E-state index contributed by atoms with van der Waals surface area (Å²) in [4.78, 5) is 0. The first-order valence-electron chi connectivity index (χ1n) is 5.30. The zero-order chi connectivity index (χ0) is 10.4. The first-order chi connectivity index (χ1) is 6.58. The highest BCUT2D eigenvalue weighted by Crippen LogP contribution is 2.19. The van der Waals surface area contributed by atoms with Crippen molar-refractivity contribution < 1.29 is 0 Å². The van der Waals surface area contributed by atoms with E-state index in [2.05, 4.69) is 42.9 Å². The minimum atomic E-state index is 0.476. The van der Waals surface area contributed by atoms with Crippen LogP contribution in [0.5, 0.6) is 0 Å². The van der Waals surface area contributed by atoms with Crippen LogP contribution in [-0.4, -0.2) is 6.54 Å². The summed E-state index contributed by atoms with van der Waals surface area (Å²) in [7, 11) is 0. The summed E-state index contributed by atoms with van der Waals surface area (Å²) in [5.41, 5.74) is 1.88. The minimum Gasteiger partial charge on any atom is -0.313 e. The van der Waals surface area contributed by atoms with Gasteiger partial charge in [-0.2, -0.15) is 11.3 Å². The zero-order valence-electron chi connectivity index (χ0n) is 9.47. The second kappa shape index (κ2) is 5.52. The SMILES string of the molecule is CC(C)(C)CCCNCc1ccsc1. The van der Waals surface area contributed by atoms with Crippen LogP contribution in [-0.2, 0) is 6.54 Å². The van der Waals surface area contributed by atoms with Crippen molar-refractivity contribution in [3.05, 3.63) is 22.4 Å². The third-order valence-electron chi connectivity index (χ3n) is 2.19. The van der Waals surface area contributed by atoms with Gasteiger partial charge in [0.15, 0.2) is 0 Å². The minimum absolute atomic E-state index is 0.476. The Morgan fingerprint density at radius 3 is 2.71 bits per heavy atom. The van der Waals surface area contributed by atoms with Crippen molar-refractivity contribution >= 4 is 11.3 Å². The van der Waals surface area contributed by atoms with E-state index in [1.54, 1.807) is 11.3 Å². The molecule has 0 amide bonds. The average molecular weight is 211 g/mol. The van der Waals surface area contributed by atoms with E-state index in [9.17, 15) is 0 Å². The van der Waals surface area contributed by atoms with Gasteiger partial charge in [-0.05, 0) is 47.2 Å². The van der Waals surface area contributed by atoms with Gasteiger partial charge in [-0.1, -0.05) is 20.8 Å². The number of rotatable bonds is 5. The van der Waals surface area contributed by atoms with Gasteiger partial charge in [-0.25, -0.2) is 0 Å². The van der Waals surface area contributed by atoms with Gasteiger partial charge in [0, 0.05) is 6.54 Å². The van der Waals surface area contributed by atoms with Gasteiger partial charge in [0.2, 0.25) is 0 Å². The van der Waals surface area contributed by atoms with Crippen LogP contribution in [0.25, 0.3) is 0 Å². The molecule has 80 valence electrons. The molecule has 0 saturated heterocycles. The normalized spacial score (nSPS) is 11.9. The predicted molar refractivity (Wildman–Crippen MR) is 64.7 cm³/mol. The molecule has 0 atom stereocenters. The van der Waals surface area contributed by atoms with Gasteiger partial charge in [0.05, 0.1) is 0 Å². The van der Waals surface area contributed by atoms with Crippen molar-refractivity contribution in [3.8, 4) is 0 Å². The zero-order valence-corrected chi connectivity index (χ0v) is 10.3. The summed E-state index contributed by atoms with van der Waals surface area (Å²) in [6.45, 7) is 9.05. The van der Waals surface area contributed by atoms with Gasteiger partial charge >= 0.3 is 0 Å². The molecule has 1 aromatic rings. The fourth-order valence-corrected chi connectivity index (χ4v) is 2.04. The molecule has 0 aliphatic heterocycles. The highest BCUT2D eigenvalue weighted by molar-refractivity contribution is 7.07. The Bertz CT molecular complexity index is 233. The number of thiophene rings is 1. The Labute approximate surface area is 91.5 Å². The molecular formula is C12H21NS. The summed E-state index contributed by atoms with van der Waals surface area (Å²) in [5.74, 6) is 0. The fraction of sp³-hybridized carbons (Fsp3) is 0.667. The van der Waals surface area contributed by atoms with E-state index in [0.717, 1.165) is 13.1 Å². The average Bonchev–Trinajstić information content (AvgIpc) is 2.54. The molecule has 0 aliphatic rings. The lowest BCUT2D eigenvalue weighted by Gasteiger charge is -2.17. The van der Waals surface area contributed by atoms with Crippen LogP contribution in [0.2, 0.25) is 0 Å². The molecule has 0 aliphatic carbocycles. The van der Waals surface area contributed by atoms with Crippen LogP contribution in [0, 0.1) is 5.41 Å². The van der Waals surface area contributed by atoms with Crippen LogP contribution >= 0.6 is 11.3 Å². The summed E-state index contributed by atoms with van der Waals surface area (Å²) in [5, 5.41) is 7.80. The topological polar surface area (TPSA) is 12.0 Å². The second-order valence-electron chi connectivity index (χ2n) is 4.97. The maximum Gasteiger partial charge on any atom is 0.0213 e. The Kier molecular flexibility index (Phi) is 4.63. The standard InChI is InChI=1S/C12H21NS/c1-12(2,3)6-4-7-13-9-11-5-8-14-10-11/h5,8,10,13H,4,6-7,9H2,1-3H3. The fourth-order valence-electron chi connectivity index (χ4n) is 1.37. The molecule has 0 aromatic carbocycles. The summed E-state index contributed by atoms with van der Waals surface area (Å²) in [6, 6.07) is 2.18. The van der Waals surface area contributed by atoms with E-state index in [1.165, 1.54) is 18.4 Å². The van der Waals surface area contributed by atoms with Crippen LogP contribution in [0.15, 0.2) is 16.8 Å². The lowest BCUT2D eigenvalue weighted by Crippen LogP contribution is -2.16. The van der Waals surface area contributed by atoms with Crippen LogP contribution < -0.4 is 5.32 Å². The summed E-state index contributed by atoms with van der Waals surface area (Å²) < 4.78 is 0. The molecule has 2 heteroatoms. The number of hydrogen-bond donors (Lipinski definition) is 1. The molecule has 0 saturated carbocycles. The van der Waals surface area contributed by atoms with Crippen LogP contribution in [0.3, 0.4) is 0 Å². The van der Waals surface area contributed by atoms with E-state index in [1.807, 2.05) is 0 Å². The smallest absolute Gasteiger partial charge is 0.0213 e.